The third-order valence-corrected chi connectivity index (χ3v) is 4.10. The zero-order valence-electron chi connectivity index (χ0n) is 13.5. The molecule has 0 saturated carbocycles. The lowest BCUT2D eigenvalue weighted by atomic mass is 9.93. The minimum atomic E-state index is -0.00211. The van der Waals surface area contributed by atoms with Gasteiger partial charge in [0.05, 0.1) is 0 Å². The van der Waals surface area contributed by atoms with Gasteiger partial charge in [0.25, 0.3) is 0 Å². The number of hydrogen-bond acceptors (Lipinski definition) is 2. The molecule has 0 aromatic carbocycles. The average molecular weight is 280 g/mol. The third-order valence-electron chi connectivity index (χ3n) is 4.10. The number of hydrogen-bond donors (Lipinski definition) is 0. The summed E-state index contributed by atoms with van der Waals surface area (Å²) in [6.07, 6.45) is 17.0. The summed E-state index contributed by atoms with van der Waals surface area (Å²) in [6, 6.07) is 0. The Morgan fingerprint density at radius 2 is 1.50 bits per heavy atom. The van der Waals surface area contributed by atoms with Crippen LogP contribution in [0.15, 0.2) is 11.8 Å². The SMILES string of the molecule is CCCCCCCC=C1OC(=O)C1CCCCCCC. The lowest BCUT2D eigenvalue weighted by Crippen LogP contribution is -2.32. The summed E-state index contributed by atoms with van der Waals surface area (Å²) in [7, 11) is 0. The number of unbranched alkanes of at least 4 members (excludes halogenated alkanes) is 9. The van der Waals surface area contributed by atoms with Gasteiger partial charge in [0.2, 0.25) is 0 Å². The van der Waals surface area contributed by atoms with Crippen LogP contribution in [-0.4, -0.2) is 5.97 Å². The van der Waals surface area contributed by atoms with E-state index < -0.39 is 0 Å². The highest BCUT2D eigenvalue weighted by Crippen LogP contribution is 2.32. The minimum absolute atomic E-state index is 0.00211. The van der Waals surface area contributed by atoms with E-state index in [9.17, 15) is 4.79 Å². The van der Waals surface area contributed by atoms with Crippen LogP contribution in [0.2, 0.25) is 0 Å². The Hall–Kier alpha value is -0.790. The van der Waals surface area contributed by atoms with Crippen molar-refractivity contribution in [2.75, 3.05) is 0 Å². The molecule has 0 N–H and O–H groups in total. The fourth-order valence-corrected chi connectivity index (χ4v) is 2.70. The Morgan fingerprint density at radius 1 is 0.900 bits per heavy atom. The molecule has 0 bridgehead atoms. The Morgan fingerprint density at radius 3 is 2.10 bits per heavy atom. The van der Waals surface area contributed by atoms with E-state index in [2.05, 4.69) is 19.9 Å². The van der Waals surface area contributed by atoms with Gasteiger partial charge >= 0.3 is 5.97 Å². The van der Waals surface area contributed by atoms with Gasteiger partial charge in [-0.3, -0.25) is 4.79 Å². The Bertz CT molecular complexity index is 294. The molecular weight excluding hydrogens is 248 g/mol. The first-order valence-electron chi connectivity index (χ1n) is 8.71. The summed E-state index contributed by atoms with van der Waals surface area (Å²) in [4.78, 5) is 11.5. The minimum Gasteiger partial charge on any atom is -0.430 e. The summed E-state index contributed by atoms with van der Waals surface area (Å²) < 4.78 is 5.18. The van der Waals surface area contributed by atoms with Gasteiger partial charge < -0.3 is 4.74 Å². The predicted octanol–water partition coefficient (Wildman–Crippen LogP) is 5.76. The largest absolute Gasteiger partial charge is 0.430 e. The molecule has 1 unspecified atom stereocenters. The van der Waals surface area contributed by atoms with Crippen LogP contribution in [0.5, 0.6) is 0 Å². The fraction of sp³-hybridized carbons (Fsp3) is 0.833. The Kier molecular flexibility index (Phi) is 9.44. The lowest BCUT2D eigenvalue weighted by molar-refractivity contribution is -0.157. The van der Waals surface area contributed by atoms with E-state index in [0.29, 0.717) is 0 Å². The van der Waals surface area contributed by atoms with E-state index in [4.69, 9.17) is 4.74 Å². The van der Waals surface area contributed by atoms with Crippen molar-refractivity contribution >= 4 is 5.97 Å². The van der Waals surface area contributed by atoms with Gasteiger partial charge in [-0.15, -0.1) is 0 Å². The predicted molar refractivity (Wildman–Crippen MR) is 84.4 cm³/mol. The van der Waals surface area contributed by atoms with Crippen molar-refractivity contribution in [1.29, 1.82) is 0 Å². The molecule has 1 heterocycles. The highest BCUT2D eigenvalue weighted by Gasteiger charge is 2.36. The summed E-state index contributed by atoms with van der Waals surface area (Å²) in [5, 5.41) is 0. The fourth-order valence-electron chi connectivity index (χ4n) is 2.70. The smallest absolute Gasteiger partial charge is 0.321 e. The van der Waals surface area contributed by atoms with Crippen molar-refractivity contribution in [3.63, 3.8) is 0 Å². The maximum absolute atomic E-state index is 11.5. The number of cyclic esters (lactones) is 1. The number of rotatable bonds is 12. The van der Waals surface area contributed by atoms with E-state index in [-0.39, 0.29) is 11.9 Å². The van der Waals surface area contributed by atoms with Gasteiger partial charge in [-0.2, -0.15) is 0 Å². The summed E-state index contributed by atoms with van der Waals surface area (Å²) in [5.41, 5.74) is 0. The molecule has 20 heavy (non-hydrogen) atoms. The molecule has 2 heteroatoms. The molecular formula is C18H32O2. The second-order valence-electron chi connectivity index (χ2n) is 5.99. The highest BCUT2D eigenvalue weighted by molar-refractivity contribution is 5.82. The van der Waals surface area contributed by atoms with Crippen LogP contribution >= 0.6 is 0 Å². The number of allylic oxidation sites excluding steroid dienone is 1. The molecule has 116 valence electrons. The maximum atomic E-state index is 11.5. The van der Waals surface area contributed by atoms with Crippen LogP contribution in [0.25, 0.3) is 0 Å². The molecule has 2 nitrogen and oxygen atoms in total. The van der Waals surface area contributed by atoms with Crippen LogP contribution in [-0.2, 0) is 9.53 Å². The monoisotopic (exact) mass is 280 g/mol. The first-order valence-corrected chi connectivity index (χ1v) is 8.71. The van der Waals surface area contributed by atoms with Gasteiger partial charge in [0.15, 0.2) is 0 Å². The molecule has 0 amide bonds. The normalized spacial score (nSPS) is 20.0. The second-order valence-corrected chi connectivity index (χ2v) is 5.99. The number of esters is 1. The van der Waals surface area contributed by atoms with Crippen molar-refractivity contribution in [1.82, 2.24) is 0 Å². The molecule has 1 aliphatic heterocycles. The molecule has 1 atom stereocenters. The van der Waals surface area contributed by atoms with Crippen LogP contribution in [0.1, 0.15) is 90.9 Å². The van der Waals surface area contributed by atoms with E-state index in [1.807, 2.05) is 0 Å². The van der Waals surface area contributed by atoms with Crippen LogP contribution in [0.4, 0.5) is 0 Å². The van der Waals surface area contributed by atoms with Gasteiger partial charge in [-0.1, -0.05) is 71.6 Å². The van der Waals surface area contributed by atoms with Crippen molar-refractivity contribution in [2.45, 2.75) is 90.9 Å². The molecule has 1 fully saturated rings. The molecule has 0 radical (unpaired) electrons. The number of ether oxygens (including phenoxy) is 1. The van der Waals surface area contributed by atoms with Gasteiger partial charge in [0, 0.05) is 0 Å². The van der Waals surface area contributed by atoms with Crippen molar-refractivity contribution in [3.05, 3.63) is 11.8 Å². The zero-order valence-corrected chi connectivity index (χ0v) is 13.5. The average Bonchev–Trinajstić information content (AvgIpc) is 2.45. The van der Waals surface area contributed by atoms with Crippen molar-refractivity contribution in [3.8, 4) is 0 Å². The van der Waals surface area contributed by atoms with E-state index in [1.165, 1.54) is 57.8 Å². The van der Waals surface area contributed by atoms with Gasteiger partial charge in [0.1, 0.15) is 11.7 Å². The van der Waals surface area contributed by atoms with Crippen LogP contribution in [0.3, 0.4) is 0 Å². The molecule has 0 spiro atoms. The topological polar surface area (TPSA) is 26.3 Å². The standard InChI is InChI=1S/C18H32O2/c1-3-5-7-9-11-13-15-17-16(18(19)20-17)14-12-10-8-6-4-2/h15-16H,3-14H2,1-2H3. The van der Waals surface area contributed by atoms with E-state index in [1.54, 1.807) is 0 Å². The van der Waals surface area contributed by atoms with Crippen LogP contribution < -0.4 is 0 Å². The molecule has 1 saturated heterocycles. The summed E-state index contributed by atoms with van der Waals surface area (Å²) in [5.74, 6) is 1.05. The first kappa shape index (κ1) is 17.3. The molecule has 0 aromatic heterocycles. The van der Waals surface area contributed by atoms with E-state index >= 15 is 0 Å². The van der Waals surface area contributed by atoms with Crippen molar-refractivity contribution < 1.29 is 9.53 Å². The maximum Gasteiger partial charge on any atom is 0.321 e. The Labute approximate surface area is 125 Å². The third kappa shape index (κ3) is 6.58. The molecule has 0 aromatic rings. The van der Waals surface area contributed by atoms with Crippen LogP contribution in [0, 0.1) is 5.92 Å². The molecule has 1 aliphatic rings. The number of carbonyl (C=O) groups is 1. The quantitative estimate of drug-likeness (QED) is 0.335. The van der Waals surface area contributed by atoms with Crippen molar-refractivity contribution in [2.24, 2.45) is 5.92 Å². The first-order chi connectivity index (χ1) is 9.79. The van der Waals surface area contributed by atoms with Gasteiger partial charge in [-0.05, 0) is 25.3 Å². The van der Waals surface area contributed by atoms with E-state index in [0.717, 1.165) is 25.0 Å². The number of carbonyl (C=O) groups excluding carboxylic acids is 1. The summed E-state index contributed by atoms with van der Waals surface area (Å²) >= 11 is 0. The molecule has 0 aliphatic carbocycles. The molecule has 1 rings (SSSR count). The summed E-state index contributed by atoms with van der Waals surface area (Å²) in [6.45, 7) is 4.46. The highest BCUT2D eigenvalue weighted by atomic mass is 16.6. The Balaban J connectivity index is 2.10. The lowest BCUT2D eigenvalue weighted by Gasteiger charge is -2.28. The van der Waals surface area contributed by atoms with Gasteiger partial charge in [-0.25, -0.2) is 0 Å². The zero-order chi connectivity index (χ0) is 14.6. The second kappa shape index (κ2) is 10.9.